The molecule has 0 bridgehead atoms. The molecule has 1 amide bonds. The maximum Gasteiger partial charge on any atom is 0.274 e. The lowest BCUT2D eigenvalue weighted by atomic mass is 10.1. The summed E-state index contributed by atoms with van der Waals surface area (Å²) < 4.78 is 1.81. The van der Waals surface area contributed by atoms with Gasteiger partial charge in [-0.15, -0.1) is 11.3 Å². The molecule has 0 unspecified atom stereocenters. The van der Waals surface area contributed by atoms with E-state index >= 15 is 0 Å². The van der Waals surface area contributed by atoms with Gasteiger partial charge in [-0.25, -0.2) is 0 Å². The van der Waals surface area contributed by atoms with Crippen LogP contribution in [0.5, 0.6) is 0 Å². The average Bonchev–Trinajstić information content (AvgIpc) is 3.09. The minimum absolute atomic E-state index is 0.0529. The lowest BCUT2D eigenvalue weighted by Crippen LogP contribution is -2.42. The SMILES string of the molecule is CN(C)[C@H]1CCCCN(C(=O)c2cc(-c3cccs3)n(C)n2)C1. The molecule has 0 aromatic carbocycles. The molecule has 0 N–H and O–H groups in total. The predicted octanol–water partition coefficient (Wildman–Crippen LogP) is 2.70. The molecule has 0 spiro atoms. The number of amides is 1. The molecule has 2 aromatic rings. The van der Waals surface area contributed by atoms with Gasteiger partial charge in [0, 0.05) is 26.2 Å². The molecule has 1 saturated heterocycles. The maximum absolute atomic E-state index is 12.9. The van der Waals surface area contributed by atoms with Gasteiger partial charge in [0.2, 0.25) is 0 Å². The fourth-order valence-electron chi connectivity index (χ4n) is 3.11. The van der Waals surface area contributed by atoms with E-state index < -0.39 is 0 Å². The molecule has 1 aliphatic heterocycles. The molecule has 6 heteroatoms. The standard InChI is InChI=1S/C17H24N4OS/c1-19(2)13-7-4-5-9-21(12-13)17(22)14-11-15(20(3)18-14)16-8-6-10-23-16/h6,8,10-11,13H,4-5,7,9,12H2,1-3H3/t13-/m0/s1. The molecule has 0 saturated carbocycles. The van der Waals surface area contributed by atoms with Crippen LogP contribution in [0.4, 0.5) is 0 Å². The number of carbonyl (C=O) groups excluding carboxylic acids is 1. The second-order valence-electron chi connectivity index (χ2n) is 6.38. The molecule has 5 nitrogen and oxygen atoms in total. The van der Waals surface area contributed by atoms with E-state index in [-0.39, 0.29) is 5.91 Å². The highest BCUT2D eigenvalue weighted by atomic mass is 32.1. The van der Waals surface area contributed by atoms with Gasteiger partial charge in [0.25, 0.3) is 5.91 Å². The Morgan fingerprint density at radius 2 is 2.22 bits per heavy atom. The molecule has 0 radical (unpaired) electrons. The van der Waals surface area contributed by atoms with Crippen LogP contribution in [0, 0.1) is 0 Å². The van der Waals surface area contributed by atoms with Gasteiger partial charge in [0.05, 0.1) is 10.6 Å². The third-order valence-electron chi connectivity index (χ3n) is 4.54. The minimum Gasteiger partial charge on any atom is -0.336 e. The van der Waals surface area contributed by atoms with Gasteiger partial charge in [-0.3, -0.25) is 9.48 Å². The first kappa shape index (κ1) is 16.2. The van der Waals surface area contributed by atoms with Gasteiger partial charge in [0.15, 0.2) is 5.69 Å². The van der Waals surface area contributed by atoms with Crippen LogP contribution in [0.1, 0.15) is 29.8 Å². The van der Waals surface area contributed by atoms with E-state index in [1.165, 1.54) is 6.42 Å². The first-order chi connectivity index (χ1) is 11.1. The van der Waals surface area contributed by atoms with E-state index in [1.54, 1.807) is 16.0 Å². The maximum atomic E-state index is 12.9. The molecule has 1 atom stereocenters. The van der Waals surface area contributed by atoms with Crippen molar-refractivity contribution in [1.29, 1.82) is 0 Å². The van der Waals surface area contributed by atoms with E-state index in [4.69, 9.17) is 0 Å². The first-order valence-electron chi connectivity index (χ1n) is 8.10. The summed E-state index contributed by atoms with van der Waals surface area (Å²) in [5.74, 6) is 0.0529. The lowest BCUT2D eigenvalue weighted by Gasteiger charge is -2.28. The Balaban J connectivity index is 1.81. The lowest BCUT2D eigenvalue weighted by molar-refractivity contribution is 0.0719. The predicted molar refractivity (Wildman–Crippen MR) is 93.8 cm³/mol. The Bertz CT molecular complexity index is 662. The van der Waals surface area contributed by atoms with E-state index in [0.29, 0.717) is 11.7 Å². The minimum atomic E-state index is 0.0529. The van der Waals surface area contributed by atoms with Crippen molar-refractivity contribution in [2.75, 3.05) is 27.2 Å². The highest BCUT2D eigenvalue weighted by Gasteiger charge is 2.26. The van der Waals surface area contributed by atoms with Crippen molar-refractivity contribution >= 4 is 17.2 Å². The first-order valence-corrected chi connectivity index (χ1v) is 8.98. The Morgan fingerprint density at radius 3 is 2.91 bits per heavy atom. The molecule has 23 heavy (non-hydrogen) atoms. The van der Waals surface area contributed by atoms with Crippen molar-refractivity contribution in [3.8, 4) is 10.6 Å². The number of hydrogen-bond donors (Lipinski definition) is 0. The quantitative estimate of drug-likeness (QED) is 0.868. The highest BCUT2D eigenvalue weighted by molar-refractivity contribution is 7.13. The molecular formula is C17H24N4OS. The molecule has 3 rings (SSSR count). The van der Waals surface area contributed by atoms with Crippen LogP contribution in [-0.2, 0) is 7.05 Å². The molecule has 3 heterocycles. The van der Waals surface area contributed by atoms with E-state index in [9.17, 15) is 4.79 Å². The van der Waals surface area contributed by atoms with Gasteiger partial charge in [0.1, 0.15) is 0 Å². The number of hydrogen-bond acceptors (Lipinski definition) is 4. The van der Waals surface area contributed by atoms with Gasteiger partial charge in [-0.05, 0) is 44.4 Å². The Hall–Kier alpha value is -1.66. The van der Waals surface area contributed by atoms with Crippen molar-refractivity contribution in [2.45, 2.75) is 25.3 Å². The van der Waals surface area contributed by atoms with Crippen molar-refractivity contribution in [1.82, 2.24) is 19.6 Å². The van der Waals surface area contributed by atoms with Gasteiger partial charge in [-0.2, -0.15) is 5.10 Å². The summed E-state index contributed by atoms with van der Waals surface area (Å²) in [6.45, 7) is 1.62. The van der Waals surface area contributed by atoms with Crippen molar-refractivity contribution in [2.24, 2.45) is 7.05 Å². The highest BCUT2D eigenvalue weighted by Crippen LogP contribution is 2.25. The van der Waals surface area contributed by atoms with Crippen molar-refractivity contribution in [3.63, 3.8) is 0 Å². The largest absolute Gasteiger partial charge is 0.336 e. The molecule has 2 aromatic heterocycles. The second kappa shape index (κ2) is 6.84. The van der Waals surface area contributed by atoms with Crippen LogP contribution in [-0.4, -0.2) is 58.7 Å². The molecule has 1 aliphatic rings. The smallest absolute Gasteiger partial charge is 0.274 e. The summed E-state index contributed by atoms with van der Waals surface area (Å²) in [6.07, 6.45) is 3.40. The normalized spacial score (nSPS) is 19.1. The number of likely N-dealkylation sites (N-methyl/N-ethyl adjacent to an activating group) is 1. The van der Waals surface area contributed by atoms with Crippen LogP contribution in [0.2, 0.25) is 0 Å². The average molecular weight is 332 g/mol. The molecule has 1 fully saturated rings. The zero-order chi connectivity index (χ0) is 16.4. The fraction of sp³-hybridized carbons (Fsp3) is 0.529. The summed E-state index contributed by atoms with van der Waals surface area (Å²) in [7, 11) is 6.08. The van der Waals surface area contributed by atoms with Crippen LogP contribution in [0.3, 0.4) is 0 Å². The van der Waals surface area contributed by atoms with Gasteiger partial charge in [-0.1, -0.05) is 12.5 Å². The van der Waals surface area contributed by atoms with Crippen molar-refractivity contribution in [3.05, 3.63) is 29.3 Å². The number of thiophene rings is 1. The summed E-state index contributed by atoms with van der Waals surface area (Å²) in [4.78, 5) is 18.2. The zero-order valence-electron chi connectivity index (χ0n) is 14.0. The number of aryl methyl sites for hydroxylation is 1. The second-order valence-corrected chi connectivity index (χ2v) is 7.33. The summed E-state index contributed by atoms with van der Waals surface area (Å²) >= 11 is 1.67. The van der Waals surface area contributed by atoms with Crippen LogP contribution < -0.4 is 0 Å². The Morgan fingerprint density at radius 1 is 1.39 bits per heavy atom. The van der Waals surface area contributed by atoms with Gasteiger partial charge >= 0.3 is 0 Å². The molecular weight excluding hydrogens is 308 g/mol. The third-order valence-corrected chi connectivity index (χ3v) is 5.43. The summed E-state index contributed by atoms with van der Waals surface area (Å²) in [6, 6.07) is 6.43. The summed E-state index contributed by atoms with van der Waals surface area (Å²) in [5.41, 5.74) is 1.55. The molecule has 0 aliphatic carbocycles. The van der Waals surface area contributed by atoms with Crippen LogP contribution in [0.15, 0.2) is 23.6 Å². The Kier molecular flexibility index (Phi) is 4.82. The van der Waals surface area contributed by atoms with E-state index in [1.807, 2.05) is 29.5 Å². The number of likely N-dealkylation sites (tertiary alicyclic amines) is 1. The molecule has 124 valence electrons. The number of nitrogens with zero attached hydrogens (tertiary/aromatic N) is 4. The summed E-state index contributed by atoms with van der Waals surface area (Å²) in [5, 5.41) is 6.50. The van der Waals surface area contributed by atoms with E-state index in [2.05, 4.69) is 30.2 Å². The topological polar surface area (TPSA) is 41.4 Å². The Labute approximate surface area is 141 Å². The van der Waals surface area contributed by atoms with Crippen LogP contribution >= 0.6 is 11.3 Å². The van der Waals surface area contributed by atoms with Gasteiger partial charge < -0.3 is 9.80 Å². The third kappa shape index (κ3) is 3.48. The number of carbonyl (C=O) groups is 1. The monoisotopic (exact) mass is 332 g/mol. The fourth-order valence-corrected chi connectivity index (χ4v) is 3.89. The zero-order valence-corrected chi connectivity index (χ0v) is 14.8. The number of rotatable bonds is 3. The van der Waals surface area contributed by atoms with E-state index in [0.717, 1.165) is 36.5 Å². The van der Waals surface area contributed by atoms with Crippen molar-refractivity contribution < 1.29 is 4.79 Å². The number of aromatic nitrogens is 2. The van der Waals surface area contributed by atoms with Crippen LogP contribution in [0.25, 0.3) is 10.6 Å².